The molecule has 0 aliphatic rings. The lowest BCUT2D eigenvalue weighted by molar-refractivity contribution is -0.119. The number of methoxy groups -OCH3 is 1. The van der Waals surface area contributed by atoms with Crippen LogP contribution in [0.15, 0.2) is 88.7 Å². The molecular formula is C23H23ClN2O4S2. The van der Waals surface area contributed by atoms with E-state index in [4.69, 9.17) is 16.3 Å². The number of benzene rings is 3. The number of anilines is 1. The molecule has 0 unspecified atom stereocenters. The number of carbonyl (C=O) groups is 1. The van der Waals surface area contributed by atoms with Crippen molar-refractivity contribution in [1.29, 1.82) is 0 Å². The first-order valence-electron chi connectivity index (χ1n) is 9.77. The summed E-state index contributed by atoms with van der Waals surface area (Å²) in [5, 5.41) is 3.12. The minimum absolute atomic E-state index is 0.0643. The van der Waals surface area contributed by atoms with Gasteiger partial charge in [0, 0.05) is 22.2 Å². The van der Waals surface area contributed by atoms with Gasteiger partial charge in [-0.3, -0.25) is 9.10 Å². The van der Waals surface area contributed by atoms with Crippen molar-refractivity contribution >= 4 is 45.0 Å². The zero-order valence-electron chi connectivity index (χ0n) is 17.4. The van der Waals surface area contributed by atoms with Crippen LogP contribution in [0, 0.1) is 0 Å². The Labute approximate surface area is 197 Å². The van der Waals surface area contributed by atoms with E-state index in [1.165, 1.54) is 25.3 Å². The van der Waals surface area contributed by atoms with Crippen LogP contribution in [0.4, 0.5) is 5.69 Å². The van der Waals surface area contributed by atoms with E-state index in [-0.39, 0.29) is 10.6 Å². The smallest absolute Gasteiger partial charge is 0.264 e. The lowest BCUT2D eigenvalue weighted by Crippen LogP contribution is -2.41. The van der Waals surface area contributed by atoms with Crippen molar-refractivity contribution in [2.75, 3.05) is 30.3 Å². The Morgan fingerprint density at radius 3 is 2.34 bits per heavy atom. The van der Waals surface area contributed by atoms with E-state index in [2.05, 4.69) is 5.32 Å². The standard InChI is InChI=1S/C23H23ClN2O4S2/c1-30-22-13-12-18(24)16-21(22)26(32(28,29)20-10-6-3-7-11-20)17-23(27)25-14-15-31-19-8-4-2-5-9-19/h2-13,16H,14-15,17H2,1H3,(H,25,27). The van der Waals surface area contributed by atoms with Crippen molar-refractivity contribution in [1.82, 2.24) is 5.32 Å². The second-order valence-electron chi connectivity index (χ2n) is 6.65. The van der Waals surface area contributed by atoms with Gasteiger partial charge in [0.15, 0.2) is 0 Å². The monoisotopic (exact) mass is 490 g/mol. The fraction of sp³-hybridized carbons (Fsp3) is 0.174. The van der Waals surface area contributed by atoms with Gasteiger partial charge in [-0.05, 0) is 42.5 Å². The van der Waals surface area contributed by atoms with Gasteiger partial charge < -0.3 is 10.1 Å². The fourth-order valence-electron chi connectivity index (χ4n) is 2.94. The van der Waals surface area contributed by atoms with Crippen molar-refractivity contribution in [2.45, 2.75) is 9.79 Å². The van der Waals surface area contributed by atoms with Gasteiger partial charge in [-0.2, -0.15) is 0 Å². The summed E-state index contributed by atoms with van der Waals surface area (Å²) in [5.41, 5.74) is 0.192. The van der Waals surface area contributed by atoms with Crippen molar-refractivity contribution in [3.63, 3.8) is 0 Å². The molecule has 3 aromatic rings. The number of amides is 1. The molecule has 0 saturated heterocycles. The number of hydrogen-bond donors (Lipinski definition) is 1. The molecule has 0 heterocycles. The van der Waals surface area contributed by atoms with Crippen molar-refractivity contribution < 1.29 is 17.9 Å². The molecule has 0 radical (unpaired) electrons. The number of nitrogens with one attached hydrogen (secondary N) is 1. The average Bonchev–Trinajstić information content (AvgIpc) is 2.81. The molecule has 168 valence electrons. The lowest BCUT2D eigenvalue weighted by atomic mass is 10.3. The van der Waals surface area contributed by atoms with Crippen LogP contribution in [-0.2, 0) is 14.8 Å². The van der Waals surface area contributed by atoms with Gasteiger partial charge in [0.1, 0.15) is 12.3 Å². The van der Waals surface area contributed by atoms with E-state index in [1.807, 2.05) is 30.3 Å². The minimum atomic E-state index is -4.04. The minimum Gasteiger partial charge on any atom is -0.495 e. The summed E-state index contributed by atoms with van der Waals surface area (Å²) >= 11 is 7.73. The van der Waals surface area contributed by atoms with Crippen LogP contribution in [0.1, 0.15) is 0 Å². The number of sulfonamides is 1. The SMILES string of the molecule is COc1ccc(Cl)cc1N(CC(=O)NCCSc1ccccc1)S(=O)(=O)c1ccccc1. The molecular weight excluding hydrogens is 468 g/mol. The van der Waals surface area contributed by atoms with E-state index in [9.17, 15) is 13.2 Å². The Kier molecular flexibility index (Phi) is 8.44. The van der Waals surface area contributed by atoms with Gasteiger partial charge in [0.2, 0.25) is 5.91 Å². The van der Waals surface area contributed by atoms with Crippen LogP contribution in [0.3, 0.4) is 0 Å². The molecule has 0 aliphatic carbocycles. The van der Waals surface area contributed by atoms with Gasteiger partial charge >= 0.3 is 0 Å². The van der Waals surface area contributed by atoms with Crippen LogP contribution in [-0.4, -0.2) is 40.3 Å². The molecule has 6 nitrogen and oxygen atoms in total. The van der Waals surface area contributed by atoms with Crippen LogP contribution < -0.4 is 14.4 Å². The summed E-state index contributed by atoms with van der Waals surface area (Å²) < 4.78 is 33.2. The highest BCUT2D eigenvalue weighted by Crippen LogP contribution is 2.34. The normalized spacial score (nSPS) is 11.1. The second kappa shape index (κ2) is 11.3. The number of halogens is 1. The Bertz CT molecular complexity index is 1140. The third-order valence-electron chi connectivity index (χ3n) is 4.46. The summed E-state index contributed by atoms with van der Waals surface area (Å²) in [4.78, 5) is 13.9. The Balaban J connectivity index is 1.79. The van der Waals surface area contributed by atoms with Gasteiger partial charge in [-0.25, -0.2) is 8.42 Å². The maximum Gasteiger partial charge on any atom is 0.264 e. The summed E-state index contributed by atoms with van der Waals surface area (Å²) in [6.45, 7) is -0.0196. The topological polar surface area (TPSA) is 75.7 Å². The average molecular weight is 491 g/mol. The first kappa shape index (κ1) is 24.0. The molecule has 1 N–H and O–H groups in total. The maximum atomic E-state index is 13.4. The number of rotatable bonds is 10. The summed E-state index contributed by atoms with van der Waals surface area (Å²) in [6, 6.07) is 22.4. The van der Waals surface area contributed by atoms with E-state index >= 15 is 0 Å². The maximum absolute atomic E-state index is 13.4. The predicted octanol–water partition coefficient (Wildman–Crippen LogP) is 4.45. The summed E-state index contributed by atoms with van der Waals surface area (Å²) in [6.07, 6.45) is 0. The summed E-state index contributed by atoms with van der Waals surface area (Å²) in [7, 11) is -2.61. The molecule has 0 spiro atoms. The Hall–Kier alpha value is -2.68. The van der Waals surface area contributed by atoms with Crippen LogP contribution in [0.2, 0.25) is 5.02 Å². The molecule has 0 fully saturated rings. The Morgan fingerprint density at radius 2 is 1.69 bits per heavy atom. The number of hydrogen-bond acceptors (Lipinski definition) is 5. The van der Waals surface area contributed by atoms with E-state index in [0.29, 0.717) is 23.1 Å². The quantitative estimate of drug-likeness (QED) is 0.335. The first-order valence-corrected chi connectivity index (χ1v) is 12.6. The molecule has 9 heteroatoms. The molecule has 0 bridgehead atoms. The van der Waals surface area contributed by atoms with Crippen molar-refractivity contribution in [3.05, 3.63) is 83.9 Å². The predicted molar refractivity (Wildman–Crippen MR) is 129 cm³/mol. The number of carbonyl (C=O) groups excluding carboxylic acids is 1. The Morgan fingerprint density at radius 1 is 1.03 bits per heavy atom. The second-order valence-corrected chi connectivity index (χ2v) is 10.1. The van der Waals surface area contributed by atoms with Crippen LogP contribution in [0.25, 0.3) is 0 Å². The van der Waals surface area contributed by atoms with Gasteiger partial charge in [0.05, 0.1) is 17.7 Å². The van der Waals surface area contributed by atoms with E-state index < -0.39 is 22.5 Å². The lowest BCUT2D eigenvalue weighted by Gasteiger charge is -2.25. The molecule has 1 amide bonds. The zero-order valence-corrected chi connectivity index (χ0v) is 19.8. The van der Waals surface area contributed by atoms with Crippen LogP contribution in [0.5, 0.6) is 5.75 Å². The van der Waals surface area contributed by atoms with E-state index in [1.54, 1.807) is 42.1 Å². The molecule has 0 atom stereocenters. The molecule has 0 aromatic heterocycles. The third kappa shape index (κ3) is 6.18. The molecule has 3 aromatic carbocycles. The molecule has 0 aliphatic heterocycles. The highest BCUT2D eigenvalue weighted by atomic mass is 35.5. The highest BCUT2D eigenvalue weighted by molar-refractivity contribution is 7.99. The van der Waals surface area contributed by atoms with Gasteiger partial charge in [-0.1, -0.05) is 48.0 Å². The number of nitrogens with zero attached hydrogens (tertiary/aromatic N) is 1. The molecule has 3 rings (SSSR count). The number of ether oxygens (including phenoxy) is 1. The molecule has 0 saturated carbocycles. The first-order chi connectivity index (χ1) is 15.4. The van der Waals surface area contributed by atoms with Crippen LogP contribution >= 0.6 is 23.4 Å². The van der Waals surface area contributed by atoms with Crippen molar-refractivity contribution in [3.8, 4) is 5.75 Å². The van der Waals surface area contributed by atoms with E-state index in [0.717, 1.165) is 9.20 Å². The third-order valence-corrected chi connectivity index (χ3v) is 7.49. The summed E-state index contributed by atoms with van der Waals surface area (Å²) in [5.74, 6) is 0.517. The number of thioether (sulfide) groups is 1. The largest absolute Gasteiger partial charge is 0.495 e. The van der Waals surface area contributed by atoms with Crippen molar-refractivity contribution in [2.24, 2.45) is 0 Å². The van der Waals surface area contributed by atoms with Gasteiger partial charge in [0.25, 0.3) is 10.0 Å². The van der Waals surface area contributed by atoms with Gasteiger partial charge in [-0.15, -0.1) is 11.8 Å². The molecule has 32 heavy (non-hydrogen) atoms. The fourth-order valence-corrected chi connectivity index (χ4v) is 5.34. The highest BCUT2D eigenvalue weighted by Gasteiger charge is 2.29. The zero-order chi connectivity index (χ0) is 23.0.